The van der Waals surface area contributed by atoms with E-state index in [9.17, 15) is 9.67 Å². The van der Waals surface area contributed by atoms with Crippen LogP contribution in [0.5, 0.6) is 0 Å². The van der Waals surface area contributed by atoms with Gasteiger partial charge in [-0.15, -0.1) is 0 Å². The van der Waals surface area contributed by atoms with Gasteiger partial charge in [-0.3, -0.25) is 9.55 Å². The molecule has 0 amide bonds. The number of pyridine rings is 1. The van der Waals surface area contributed by atoms with E-state index in [1.54, 1.807) is 30.5 Å². The molecule has 0 saturated carbocycles. The quantitative estimate of drug-likeness (QED) is 0.777. The fourth-order valence-electron chi connectivity index (χ4n) is 2.23. The summed E-state index contributed by atoms with van der Waals surface area (Å²) in [6.45, 7) is 4.27. The number of nitrogens with zero attached hydrogens (tertiary/aromatic N) is 2. The second-order valence-electron chi connectivity index (χ2n) is 6.36. The van der Waals surface area contributed by atoms with Crippen LogP contribution in [0.15, 0.2) is 48.8 Å². The molecule has 1 aromatic carbocycles. The first-order chi connectivity index (χ1) is 11.3. The van der Waals surface area contributed by atoms with E-state index >= 15 is 0 Å². The molecule has 0 unspecified atom stereocenters. The summed E-state index contributed by atoms with van der Waals surface area (Å²) in [6, 6.07) is 10.7. The number of hydrogen-bond donors (Lipinski definition) is 1. The number of rotatable bonds is 7. The summed E-state index contributed by atoms with van der Waals surface area (Å²) >= 11 is 0. The molecule has 0 aliphatic heterocycles. The second kappa shape index (κ2) is 7.93. The Morgan fingerprint density at radius 2 is 1.88 bits per heavy atom. The van der Waals surface area contributed by atoms with Gasteiger partial charge in [0.2, 0.25) is 0 Å². The Kier molecular flexibility index (Phi) is 6.16. The van der Waals surface area contributed by atoms with E-state index in [-0.39, 0.29) is 5.92 Å². The molecule has 1 N–H and O–H groups in total. The molecule has 0 aliphatic rings. The predicted molar refractivity (Wildman–Crippen MR) is 98.0 cm³/mol. The largest absolute Gasteiger partial charge is 0.378 e. The van der Waals surface area contributed by atoms with E-state index in [4.69, 9.17) is 4.52 Å². The molecule has 2 atom stereocenters. The van der Waals surface area contributed by atoms with Crippen molar-refractivity contribution in [1.82, 2.24) is 4.98 Å². The van der Waals surface area contributed by atoms with Crippen LogP contribution in [0.2, 0.25) is 0 Å². The van der Waals surface area contributed by atoms with Gasteiger partial charge in [-0.2, -0.15) is 0 Å². The van der Waals surface area contributed by atoms with Crippen LogP contribution in [-0.4, -0.2) is 30.8 Å². The van der Waals surface area contributed by atoms with E-state index < -0.39 is 13.2 Å². The lowest BCUT2D eigenvalue weighted by Gasteiger charge is -2.25. The highest BCUT2D eigenvalue weighted by Crippen LogP contribution is 2.57. The molecule has 1 aromatic heterocycles. The average molecular weight is 348 g/mol. The lowest BCUT2D eigenvalue weighted by molar-refractivity contribution is 0.202. The zero-order chi connectivity index (χ0) is 17.7. The summed E-state index contributed by atoms with van der Waals surface area (Å²) < 4.78 is 19.3. The van der Waals surface area contributed by atoms with Crippen LogP contribution >= 0.6 is 7.37 Å². The maximum Gasteiger partial charge on any atom is 0.264 e. The Bertz CT molecular complexity index is 687. The number of anilines is 1. The Morgan fingerprint density at radius 1 is 1.21 bits per heavy atom. The van der Waals surface area contributed by atoms with E-state index in [0.717, 1.165) is 5.69 Å². The van der Waals surface area contributed by atoms with Crippen LogP contribution in [0.25, 0.3) is 0 Å². The SMILES string of the molecule is CC(C)CO[P@](=O)(c1ccc(N(C)C)cc1)[C@@H](O)c1cccnc1. The lowest BCUT2D eigenvalue weighted by Crippen LogP contribution is -2.17. The Labute approximate surface area is 143 Å². The Balaban J connectivity index is 2.41. The smallest absolute Gasteiger partial charge is 0.264 e. The first-order valence-electron chi connectivity index (χ1n) is 7.95. The fraction of sp³-hybridized carbons (Fsp3) is 0.389. The summed E-state index contributed by atoms with van der Waals surface area (Å²) in [5, 5.41) is 11.3. The van der Waals surface area contributed by atoms with Crippen LogP contribution in [0.1, 0.15) is 25.3 Å². The van der Waals surface area contributed by atoms with E-state index in [1.165, 1.54) is 6.20 Å². The van der Waals surface area contributed by atoms with Crippen molar-refractivity contribution in [3.8, 4) is 0 Å². The van der Waals surface area contributed by atoms with Crippen LogP contribution in [0.4, 0.5) is 5.69 Å². The highest BCUT2D eigenvalue weighted by molar-refractivity contribution is 7.67. The minimum Gasteiger partial charge on any atom is -0.378 e. The van der Waals surface area contributed by atoms with Gasteiger partial charge in [0.1, 0.15) is 0 Å². The van der Waals surface area contributed by atoms with Crippen molar-refractivity contribution in [3.05, 3.63) is 54.4 Å². The number of hydrogen-bond acceptors (Lipinski definition) is 5. The van der Waals surface area contributed by atoms with Gasteiger partial charge in [0, 0.05) is 43.0 Å². The van der Waals surface area contributed by atoms with E-state index in [2.05, 4.69) is 4.98 Å². The normalized spacial score (nSPS) is 15.1. The maximum atomic E-state index is 13.6. The van der Waals surface area contributed by atoms with Gasteiger partial charge in [0.15, 0.2) is 5.85 Å². The van der Waals surface area contributed by atoms with Gasteiger partial charge in [0.25, 0.3) is 7.37 Å². The Morgan fingerprint density at radius 3 is 2.38 bits per heavy atom. The minimum absolute atomic E-state index is 0.209. The molecule has 6 heteroatoms. The van der Waals surface area contributed by atoms with Crippen LogP contribution in [0, 0.1) is 5.92 Å². The third-order valence-corrected chi connectivity index (χ3v) is 6.12. The van der Waals surface area contributed by atoms with Crippen molar-refractivity contribution in [2.24, 2.45) is 5.92 Å². The highest BCUT2D eigenvalue weighted by atomic mass is 31.2. The molecule has 0 fully saturated rings. The van der Waals surface area contributed by atoms with Gasteiger partial charge in [-0.1, -0.05) is 19.9 Å². The molecule has 0 bridgehead atoms. The first-order valence-corrected chi connectivity index (χ1v) is 9.64. The number of benzene rings is 1. The van der Waals surface area contributed by atoms with Crippen LogP contribution in [-0.2, 0) is 9.09 Å². The fourth-order valence-corrected chi connectivity index (χ4v) is 4.43. The van der Waals surface area contributed by atoms with Crippen molar-refractivity contribution in [2.45, 2.75) is 19.7 Å². The molecule has 0 spiro atoms. The molecule has 130 valence electrons. The molecule has 0 saturated heterocycles. The summed E-state index contributed by atoms with van der Waals surface area (Å²) in [5.41, 5.74) is 1.48. The van der Waals surface area contributed by atoms with Crippen LogP contribution < -0.4 is 10.2 Å². The average Bonchev–Trinajstić information content (AvgIpc) is 2.59. The zero-order valence-corrected chi connectivity index (χ0v) is 15.5. The third-order valence-electron chi connectivity index (χ3n) is 3.63. The molecule has 0 radical (unpaired) electrons. The van der Waals surface area contributed by atoms with Gasteiger partial charge in [-0.05, 0) is 36.2 Å². The number of aliphatic hydroxyl groups is 1. The van der Waals surface area contributed by atoms with Crippen molar-refractivity contribution in [2.75, 3.05) is 25.6 Å². The molecule has 24 heavy (non-hydrogen) atoms. The van der Waals surface area contributed by atoms with Crippen molar-refractivity contribution in [3.63, 3.8) is 0 Å². The molecular weight excluding hydrogens is 323 g/mol. The topological polar surface area (TPSA) is 62.7 Å². The van der Waals surface area contributed by atoms with Crippen LogP contribution in [0.3, 0.4) is 0 Å². The molecular formula is C18H25N2O3P. The molecule has 2 rings (SSSR count). The number of aromatic nitrogens is 1. The Hall–Kier alpha value is -1.68. The summed E-state index contributed by atoms with van der Waals surface area (Å²) in [5.74, 6) is -1.03. The summed E-state index contributed by atoms with van der Waals surface area (Å²) in [6.07, 6.45) is 3.13. The molecule has 0 aliphatic carbocycles. The minimum atomic E-state index is -3.49. The number of aliphatic hydroxyl groups excluding tert-OH is 1. The summed E-state index contributed by atoms with van der Waals surface area (Å²) in [4.78, 5) is 5.96. The maximum absolute atomic E-state index is 13.6. The first kappa shape index (κ1) is 18.7. The van der Waals surface area contributed by atoms with Gasteiger partial charge in [-0.25, -0.2) is 0 Å². The third kappa shape index (κ3) is 4.23. The summed E-state index contributed by atoms with van der Waals surface area (Å²) in [7, 11) is 0.386. The van der Waals surface area contributed by atoms with Gasteiger partial charge >= 0.3 is 0 Å². The van der Waals surface area contributed by atoms with E-state index in [1.807, 2.05) is 45.0 Å². The molecule has 1 heterocycles. The monoisotopic (exact) mass is 348 g/mol. The van der Waals surface area contributed by atoms with Gasteiger partial charge in [0.05, 0.1) is 6.61 Å². The van der Waals surface area contributed by atoms with Crippen molar-refractivity contribution >= 4 is 18.4 Å². The van der Waals surface area contributed by atoms with Crippen molar-refractivity contribution in [1.29, 1.82) is 0 Å². The molecule has 5 nitrogen and oxygen atoms in total. The molecule has 2 aromatic rings. The zero-order valence-electron chi connectivity index (χ0n) is 14.6. The van der Waals surface area contributed by atoms with E-state index in [0.29, 0.717) is 17.5 Å². The van der Waals surface area contributed by atoms with Gasteiger partial charge < -0.3 is 14.5 Å². The second-order valence-corrected chi connectivity index (χ2v) is 8.82. The predicted octanol–water partition coefficient (Wildman–Crippen LogP) is 3.41. The van der Waals surface area contributed by atoms with Crippen molar-refractivity contribution < 1.29 is 14.2 Å². The standard InChI is InChI=1S/C18H25N2O3P/c1-14(2)13-23-24(22,18(21)15-6-5-11-19-12-15)17-9-7-16(8-10-17)20(3)4/h5-12,14,18,21H,13H2,1-4H3/t18-,24-/m1/s1. The highest BCUT2D eigenvalue weighted by Gasteiger charge is 2.36. The lowest BCUT2D eigenvalue weighted by atomic mass is 10.2.